The number of nitro groups is 1. The van der Waals surface area contributed by atoms with Gasteiger partial charge in [-0.25, -0.2) is 0 Å². The Morgan fingerprint density at radius 2 is 1.94 bits per heavy atom. The fraction of sp³-hybridized carbons (Fsp3) is 0.375. The minimum atomic E-state index is -0.532. The number of unbranched alkanes of at least 4 members (excludes halogenated alkanes) is 1. The van der Waals surface area contributed by atoms with Crippen LogP contribution in [0, 0.1) is 24.0 Å². The molecule has 1 fully saturated rings. The van der Waals surface area contributed by atoms with Gasteiger partial charge in [-0.05, 0) is 44.0 Å². The predicted molar refractivity (Wildman–Crippen MR) is 129 cm³/mol. The van der Waals surface area contributed by atoms with Crippen molar-refractivity contribution in [3.63, 3.8) is 0 Å². The second kappa shape index (κ2) is 10.6. The van der Waals surface area contributed by atoms with Crippen LogP contribution < -0.4 is 4.90 Å². The van der Waals surface area contributed by atoms with E-state index in [1.165, 1.54) is 32.9 Å². The van der Waals surface area contributed by atoms with Crippen molar-refractivity contribution in [2.45, 2.75) is 33.6 Å². The normalized spacial score (nSPS) is 13.4. The van der Waals surface area contributed by atoms with E-state index < -0.39 is 10.8 Å². The number of hydrogen-bond donors (Lipinski definition) is 0. The summed E-state index contributed by atoms with van der Waals surface area (Å²) in [4.78, 5) is 53.9. The lowest BCUT2D eigenvalue weighted by Gasteiger charge is -2.25. The molecule has 2 aromatic carbocycles. The van der Waals surface area contributed by atoms with Gasteiger partial charge in [-0.2, -0.15) is 0 Å². The lowest BCUT2D eigenvalue weighted by atomic mass is 10.1. The highest BCUT2D eigenvalue weighted by atomic mass is 35.5. The van der Waals surface area contributed by atoms with Crippen molar-refractivity contribution in [1.82, 2.24) is 9.80 Å². The molecular formula is C24H27ClN4O5. The first kappa shape index (κ1) is 25.2. The molecule has 180 valence electrons. The monoisotopic (exact) mass is 486 g/mol. The van der Waals surface area contributed by atoms with E-state index in [1.54, 1.807) is 32.0 Å². The molecule has 3 amide bonds. The van der Waals surface area contributed by atoms with E-state index >= 15 is 0 Å². The van der Waals surface area contributed by atoms with Gasteiger partial charge in [0.2, 0.25) is 11.8 Å². The van der Waals surface area contributed by atoms with Gasteiger partial charge in [0.1, 0.15) is 19.8 Å². The highest BCUT2D eigenvalue weighted by Gasteiger charge is 2.34. The quantitative estimate of drug-likeness (QED) is 0.415. The molecule has 0 aromatic heterocycles. The van der Waals surface area contributed by atoms with Gasteiger partial charge >= 0.3 is 0 Å². The molecule has 2 aromatic rings. The lowest BCUT2D eigenvalue weighted by Crippen LogP contribution is -2.43. The van der Waals surface area contributed by atoms with Crippen LogP contribution in [0.15, 0.2) is 36.4 Å². The molecule has 0 atom stereocenters. The molecule has 0 unspecified atom stereocenters. The summed E-state index contributed by atoms with van der Waals surface area (Å²) in [5.74, 6) is -1.07. The standard InChI is InChI=1S/C24H27ClN4O5/c1-4-5-11-26(24(32)18-10-9-16(2)21(12-18)29(33)34)13-22(30)27-14-23(31)28(15-27)20-8-6-7-19(25)17(20)3/h6-10,12H,4-5,11,13-15H2,1-3H3. The van der Waals surface area contributed by atoms with Crippen molar-refractivity contribution in [3.05, 3.63) is 68.2 Å². The van der Waals surface area contributed by atoms with Gasteiger partial charge in [0, 0.05) is 34.4 Å². The van der Waals surface area contributed by atoms with Crippen LogP contribution in [-0.2, 0) is 9.59 Å². The zero-order valence-electron chi connectivity index (χ0n) is 19.4. The van der Waals surface area contributed by atoms with Crippen molar-refractivity contribution in [2.24, 2.45) is 0 Å². The number of aryl methyl sites for hydroxylation is 1. The summed E-state index contributed by atoms with van der Waals surface area (Å²) in [5.41, 5.74) is 1.83. The lowest BCUT2D eigenvalue weighted by molar-refractivity contribution is -0.385. The third-order valence-corrected chi connectivity index (χ3v) is 6.28. The van der Waals surface area contributed by atoms with E-state index in [0.29, 0.717) is 29.2 Å². The fourth-order valence-electron chi connectivity index (χ4n) is 3.80. The maximum atomic E-state index is 13.2. The number of benzene rings is 2. The average molecular weight is 487 g/mol. The van der Waals surface area contributed by atoms with Crippen LogP contribution in [0.5, 0.6) is 0 Å². The van der Waals surface area contributed by atoms with Gasteiger partial charge in [0.05, 0.1) is 4.92 Å². The van der Waals surface area contributed by atoms with Crippen LogP contribution in [0.25, 0.3) is 0 Å². The highest BCUT2D eigenvalue weighted by molar-refractivity contribution is 6.31. The van der Waals surface area contributed by atoms with Gasteiger partial charge in [-0.1, -0.05) is 37.1 Å². The Bertz CT molecular complexity index is 1140. The Morgan fingerprint density at radius 1 is 1.21 bits per heavy atom. The molecule has 1 aliphatic rings. The minimum Gasteiger partial charge on any atom is -0.329 e. The van der Waals surface area contributed by atoms with E-state index in [4.69, 9.17) is 11.6 Å². The summed E-state index contributed by atoms with van der Waals surface area (Å²) in [6.07, 6.45) is 1.47. The number of carbonyl (C=O) groups is 3. The third kappa shape index (κ3) is 5.36. The molecule has 0 spiro atoms. The molecule has 0 bridgehead atoms. The molecule has 9 nitrogen and oxygen atoms in total. The second-order valence-corrected chi connectivity index (χ2v) is 8.68. The van der Waals surface area contributed by atoms with Gasteiger partial charge in [-0.3, -0.25) is 29.4 Å². The molecule has 10 heteroatoms. The molecule has 0 N–H and O–H groups in total. The summed E-state index contributed by atoms with van der Waals surface area (Å²) in [7, 11) is 0. The molecular weight excluding hydrogens is 460 g/mol. The second-order valence-electron chi connectivity index (χ2n) is 8.28. The van der Waals surface area contributed by atoms with Gasteiger partial charge in [0.15, 0.2) is 0 Å². The van der Waals surface area contributed by atoms with Crippen molar-refractivity contribution < 1.29 is 19.3 Å². The third-order valence-electron chi connectivity index (χ3n) is 5.87. The predicted octanol–water partition coefficient (Wildman–Crippen LogP) is 3.94. The van der Waals surface area contributed by atoms with Gasteiger partial charge < -0.3 is 9.80 Å². The van der Waals surface area contributed by atoms with Crippen LogP contribution in [0.1, 0.15) is 41.3 Å². The van der Waals surface area contributed by atoms with E-state index in [0.717, 1.165) is 12.0 Å². The van der Waals surface area contributed by atoms with E-state index in [9.17, 15) is 24.5 Å². The zero-order valence-corrected chi connectivity index (χ0v) is 20.2. The first-order chi connectivity index (χ1) is 16.1. The number of nitrogens with zero attached hydrogens (tertiary/aromatic N) is 4. The van der Waals surface area contributed by atoms with E-state index in [1.807, 2.05) is 6.92 Å². The molecule has 1 saturated heterocycles. The Balaban J connectivity index is 1.77. The Labute approximate surface area is 203 Å². The molecule has 0 radical (unpaired) electrons. The van der Waals surface area contributed by atoms with E-state index in [2.05, 4.69) is 0 Å². The number of amides is 3. The number of nitro benzene ring substituents is 1. The number of carbonyl (C=O) groups excluding carboxylic acids is 3. The fourth-order valence-corrected chi connectivity index (χ4v) is 3.97. The number of hydrogen-bond acceptors (Lipinski definition) is 5. The topological polar surface area (TPSA) is 104 Å². The van der Waals surface area contributed by atoms with Crippen LogP contribution in [0.4, 0.5) is 11.4 Å². The molecule has 34 heavy (non-hydrogen) atoms. The number of anilines is 1. The summed E-state index contributed by atoms with van der Waals surface area (Å²) in [6, 6.07) is 9.54. The minimum absolute atomic E-state index is 0.0602. The van der Waals surface area contributed by atoms with Crippen molar-refractivity contribution in [3.8, 4) is 0 Å². The van der Waals surface area contributed by atoms with Gasteiger partial charge in [-0.15, -0.1) is 0 Å². The molecule has 0 saturated carbocycles. The highest BCUT2D eigenvalue weighted by Crippen LogP contribution is 2.29. The Hall–Kier alpha value is -3.46. The average Bonchev–Trinajstić information content (AvgIpc) is 3.19. The summed E-state index contributed by atoms with van der Waals surface area (Å²) >= 11 is 6.18. The Kier molecular flexibility index (Phi) is 7.88. The number of rotatable bonds is 8. The summed E-state index contributed by atoms with van der Waals surface area (Å²) < 4.78 is 0. The van der Waals surface area contributed by atoms with Crippen molar-refractivity contribution in [2.75, 3.05) is 31.2 Å². The van der Waals surface area contributed by atoms with Crippen LogP contribution in [0.2, 0.25) is 5.02 Å². The maximum Gasteiger partial charge on any atom is 0.273 e. The molecule has 3 rings (SSSR count). The number of halogens is 1. The van der Waals surface area contributed by atoms with Gasteiger partial charge in [0.25, 0.3) is 11.6 Å². The smallest absolute Gasteiger partial charge is 0.273 e. The maximum absolute atomic E-state index is 13.2. The Morgan fingerprint density at radius 3 is 2.62 bits per heavy atom. The summed E-state index contributed by atoms with van der Waals surface area (Å²) in [6.45, 7) is 5.43. The summed E-state index contributed by atoms with van der Waals surface area (Å²) in [5, 5.41) is 11.8. The first-order valence-electron chi connectivity index (χ1n) is 11.0. The first-order valence-corrected chi connectivity index (χ1v) is 11.4. The molecule has 1 aliphatic heterocycles. The SMILES string of the molecule is CCCCN(CC(=O)N1CC(=O)N(c2cccc(Cl)c2C)C1)C(=O)c1ccc(C)c([N+](=O)[O-])c1. The van der Waals surface area contributed by atoms with E-state index in [-0.39, 0.29) is 42.8 Å². The van der Waals surface area contributed by atoms with Crippen LogP contribution in [-0.4, -0.2) is 58.7 Å². The molecule has 1 heterocycles. The van der Waals surface area contributed by atoms with Crippen molar-refractivity contribution in [1.29, 1.82) is 0 Å². The van der Waals surface area contributed by atoms with Crippen molar-refractivity contribution >= 4 is 40.7 Å². The van der Waals surface area contributed by atoms with Crippen LogP contribution in [0.3, 0.4) is 0 Å². The van der Waals surface area contributed by atoms with Crippen LogP contribution >= 0.6 is 11.6 Å². The zero-order chi connectivity index (χ0) is 25.0. The molecule has 0 aliphatic carbocycles. The largest absolute Gasteiger partial charge is 0.329 e.